The summed E-state index contributed by atoms with van der Waals surface area (Å²) in [5.41, 5.74) is 8.64. The minimum atomic E-state index is 0.136. The van der Waals surface area contributed by atoms with E-state index in [1.807, 2.05) is 36.5 Å². The van der Waals surface area contributed by atoms with Crippen LogP contribution >= 0.6 is 0 Å². The van der Waals surface area contributed by atoms with Crippen LogP contribution in [-0.4, -0.2) is 72.6 Å². The molecular weight excluding hydrogens is 404 g/mol. The van der Waals surface area contributed by atoms with Gasteiger partial charge in [0.05, 0.1) is 19.3 Å². The van der Waals surface area contributed by atoms with Crippen LogP contribution in [0.2, 0.25) is 0 Å². The zero-order valence-electron chi connectivity index (χ0n) is 18.7. The number of anilines is 1. The fourth-order valence-corrected chi connectivity index (χ4v) is 5.33. The highest BCUT2D eigenvalue weighted by molar-refractivity contribution is 5.98. The summed E-state index contributed by atoms with van der Waals surface area (Å²) >= 11 is 0. The van der Waals surface area contributed by atoms with Crippen LogP contribution in [0, 0.1) is 0 Å². The molecule has 2 aromatic rings. The van der Waals surface area contributed by atoms with Gasteiger partial charge in [-0.15, -0.1) is 0 Å². The molecule has 8 heteroatoms. The van der Waals surface area contributed by atoms with Crippen molar-refractivity contribution in [2.75, 3.05) is 44.7 Å². The summed E-state index contributed by atoms with van der Waals surface area (Å²) in [4.78, 5) is 27.1. The van der Waals surface area contributed by atoms with Crippen LogP contribution < -0.4 is 20.5 Å². The molecule has 0 bridgehead atoms. The number of aromatic nitrogens is 2. The first-order valence-electron chi connectivity index (χ1n) is 11.7. The van der Waals surface area contributed by atoms with E-state index < -0.39 is 0 Å². The molecule has 3 fully saturated rings. The molecule has 1 aromatic carbocycles. The van der Waals surface area contributed by atoms with E-state index in [1.54, 1.807) is 7.11 Å². The Hall–Kier alpha value is -2.55. The van der Waals surface area contributed by atoms with Crippen molar-refractivity contribution >= 4 is 11.7 Å². The lowest BCUT2D eigenvalue weighted by molar-refractivity contribution is 0.0904. The predicted octanol–water partition coefficient (Wildman–Crippen LogP) is 1.99. The Labute approximate surface area is 189 Å². The lowest BCUT2D eigenvalue weighted by Crippen LogP contribution is -2.49. The molecule has 32 heavy (non-hydrogen) atoms. The summed E-state index contributed by atoms with van der Waals surface area (Å²) in [6, 6.07) is 9.98. The molecule has 0 radical (unpaired) electrons. The van der Waals surface area contributed by atoms with E-state index in [4.69, 9.17) is 9.72 Å². The van der Waals surface area contributed by atoms with Gasteiger partial charge in [-0.25, -0.2) is 9.97 Å². The number of rotatable bonds is 7. The quantitative estimate of drug-likeness (QED) is 0.638. The number of ketones is 1. The SMILES string of the molecule is COc1cccc(C(=O)CN2CCCC2C2NNCC2c2ccnc(N3CCCC3)n2)c1. The third-order valence-corrected chi connectivity index (χ3v) is 7.02. The van der Waals surface area contributed by atoms with E-state index in [0.717, 1.165) is 50.7 Å². The molecule has 0 amide bonds. The fourth-order valence-electron chi connectivity index (χ4n) is 5.33. The number of ether oxygens (including phenoxy) is 1. The van der Waals surface area contributed by atoms with Crippen LogP contribution in [0.4, 0.5) is 5.95 Å². The Balaban J connectivity index is 1.31. The molecule has 170 valence electrons. The molecule has 8 nitrogen and oxygen atoms in total. The first-order chi connectivity index (χ1) is 15.7. The van der Waals surface area contributed by atoms with Gasteiger partial charge in [0, 0.05) is 49.4 Å². The van der Waals surface area contributed by atoms with Crippen molar-refractivity contribution in [2.45, 2.75) is 43.7 Å². The second kappa shape index (κ2) is 9.52. The van der Waals surface area contributed by atoms with Crippen LogP contribution in [0.1, 0.15) is 47.7 Å². The van der Waals surface area contributed by atoms with Crippen LogP contribution in [0.15, 0.2) is 36.5 Å². The number of hydrazine groups is 1. The van der Waals surface area contributed by atoms with E-state index in [0.29, 0.717) is 17.9 Å². The van der Waals surface area contributed by atoms with Gasteiger partial charge in [-0.3, -0.25) is 20.5 Å². The van der Waals surface area contributed by atoms with Gasteiger partial charge in [-0.05, 0) is 50.4 Å². The summed E-state index contributed by atoms with van der Waals surface area (Å²) in [5.74, 6) is 1.95. The number of hydrogen-bond acceptors (Lipinski definition) is 8. The second-order valence-corrected chi connectivity index (χ2v) is 8.97. The number of methoxy groups -OCH3 is 1. The predicted molar refractivity (Wildman–Crippen MR) is 123 cm³/mol. The second-order valence-electron chi connectivity index (χ2n) is 8.97. The van der Waals surface area contributed by atoms with Gasteiger partial charge < -0.3 is 9.64 Å². The van der Waals surface area contributed by atoms with Crippen molar-refractivity contribution in [1.29, 1.82) is 0 Å². The number of likely N-dealkylation sites (tertiary alicyclic amines) is 1. The highest BCUT2D eigenvalue weighted by Crippen LogP contribution is 2.31. The third kappa shape index (κ3) is 4.35. The van der Waals surface area contributed by atoms with Crippen LogP contribution in [0.25, 0.3) is 0 Å². The Morgan fingerprint density at radius 2 is 2.06 bits per heavy atom. The maximum absolute atomic E-state index is 13.0. The summed E-state index contributed by atoms with van der Waals surface area (Å²) in [7, 11) is 1.63. The smallest absolute Gasteiger partial charge is 0.225 e. The molecule has 3 unspecified atom stereocenters. The van der Waals surface area contributed by atoms with E-state index in [9.17, 15) is 4.79 Å². The molecule has 0 saturated carbocycles. The number of benzene rings is 1. The largest absolute Gasteiger partial charge is 0.497 e. The first kappa shape index (κ1) is 21.3. The Bertz CT molecular complexity index is 948. The minimum absolute atomic E-state index is 0.136. The van der Waals surface area contributed by atoms with Crippen molar-refractivity contribution in [2.24, 2.45) is 0 Å². The zero-order chi connectivity index (χ0) is 21.9. The molecule has 1 aromatic heterocycles. The maximum atomic E-state index is 13.0. The number of carbonyl (C=O) groups excluding carboxylic acids is 1. The number of nitrogens with one attached hydrogen (secondary N) is 2. The summed E-state index contributed by atoms with van der Waals surface area (Å²) in [5, 5.41) is 0. The lowest BCUT2D eigenvalue weighted by atomic mass is 9.90. The van der Waals surface area contributed by atoms with Gasteiger partial charge in [-0.2, -0.15) is 0 Å². The number of carbonyl (C=O) groups is 1. The average Bonchev–Trinajstić information content (AvgIpc) is 3.60. The van der Waals surface area contributed by atoms with E-state index in [-0.39, 0.29) is 23.8 Å². The van der Waals surface area contributed by atoms with Crippen LogP contribution in [0.3, 0.4) is 0 Å². The molecule has 4 heterocycles. The number of nitrogens with zero attached hydrogens (tertiary/aromatic N) is 4. The topological polar surface area (TPSA) is 82.6 Å². The fraction of sp³-hybridized carbons (Fsp3) is 0.542. The molecule has 3 aliphatic rings. The van der Waals surface area contributed by atoms with Crippen LogP contribution in [0.5, 0.6) is 5.75 Å². The van der Waals surface area contributed by atoms with E-state index in [2.05, 4.69) is 25.6 Å². The van der Waals surface area contributed by atoms with Crippen molar-refractivity contribution in [3.63, 3.8) is 0 Å². The molecule has 5 rings (SSSR count). The number of hydrogen-bond donors (Lipinski definition) is 2. The lowest BCUT2D eigenvalue weighted by Gasteiger charge is -2.32. The summed E-state index contributed by atoms with van der Waals surface area (Å²) < 4.78 is 5.29. The summed E-state index contributed by atoms with van der Waals surface area (Å²) in [6.07, 6.45) is 6.49. The van der Waals surface area contributed by atoms with Gasteiger partial charge in [0.15, 0.2) is 5.78 Å². The van der Waals surface area contributed by atoms with E-state index in [1.165, 1.54) is 12.8 Å². The third-order valence-electron chi connectivity index (χ3n) is 7.02. The van der Waals surface area contributed by atoms with Crippen molar-refractivity contribution in [3.8, 4) is 5.75 Å². The Morgan fingerprint density at radius 3 is 2.91 bits per heavy atom. The first-order valence-corrected chi connectivity index (χ1v) is 11.7. The van der Waals surface area contributed by atoms with E-state index >= 15 is 0 Å². The number of Topliss-reactive ketones (excluding diaryl/α,β-unsaturated/α-hetero) is 1. The van der Waals surface area contributed by atoms with Gasteiger partial charge in [0.25, 0.3) is 0 Å². The van der Waals surface area contributed by atoms with Crippen molar-refractivity contribution in [3.05, 3.63) is 47.8 Å². The van der Waals surface area contributed by atoms with Gasteiger partial charge >= 0.3 is 0 Å². The summed E-state index contributed by atoms with van der Waals surface area (Å²) in [6.45, 7) is 4.27. The maximum Gasteiger partial charge on any atom is 0.225 e. The highest BCUT2D eigenvalue weighted by atomic mass is 16.5. The van der Waals surface area contributed by atoms with Crippen molar-refractivity contribution in [1.82, 2.24) is 25.7 Å². The molecule has 3 saturated heterocycles. The average molecular weight is 437 g/mol. The Kier molecular flexibility index (Phi) is 6.34. The Morgan fingerprint density at radius 1 is 1.19 bits per heavy atom. The standard InChI is InChI=1S/C24H32N6O2/c1-32-18-7-4-6-17(14-18)22(31)16-30-13-5-8-21(30)23-19(15-26-28-23)20-9-10-25-24(27-20)29-11-2-3-12-29/h4,6-7,9-10,14,19,21,23,26,28H,2-3,5,8,11-13,15-16H2,1H3. The van der Waals surface area contributed by atoms with Gasteiger partial charge in [0.2, 0.25) is 5.95 Å². The molecule has 3 aliphatic heterocycles. The normalized spacial score (nSPS) is 26.0. The highest BCUT2D eigenvalue weighted by Gasteiger charge is 2.41. The molecule has 0 spiro atoms. The minimum Gasteiger partial charge on any atom is -0.497 e. The van der Waals surface area contributed by atoms with Gasteiger partial charge in [-0.1, -0.05) is 12.1 Å². The molecule has 3 atom stereocenters. The molecular formula is C24H32N6O2. The van der Waals surface area contributed by atoms with Gasteiger partial charge in [0.1, 0.15) is 5.75 Å². The van der Waals surface area contributed by atoms with Crippen molar-refractivity contribution < 1.29 is 9.53 Å². The molecule has 2 N–H and O–H groups in total. The zero-order valence-corrected chi connectivity index (χ0v) is 18.7. The van der Waals surface area contributed by atoms with Crippen LogP contribution in [-0.2, 0) is 0 Å². The molecule has 0 aliphatic carbocycles. The monoisotopic (exact) mass is 436 g/mol.